The van der Waals surface area contributed by atoms with E-state index in [4.69, 9.17) is 14.2 Å². The second-order valence-electron chi connectivity index (χ2n) is 6.71. The molecule has 1 amide bonds. The fraction of sp³-hybridized carbons (Fsp3) is 0.600. The topological polar surface area (TPSA) is 65.1 Å². The smallest absolute Gasteiger partial charge is 0.307 e. The predicted octanol–water partition coefficient (Wildman–Crippen LogP) is 3.04. The largest absolute Gasteiger partial charge is 0.497 e. The van der Waals surface area contributed by atoms with Gasteiger partial charge in [-0.1, -0.05) is 25.8 Å². The molecular weight excluding hydrogens is 334 g/mol. The van der Waals surface area contributed by atoms with Crippen LogP contribution in [0.15, 0.2) is 24.3 Å². The van der Waals surface area contributed by atoms with Gasteiger partial charge in [-0.15, -0.1) is 0 Å². The van der Waals surface area contributed by atoms with Crippen molar-refractivity contribution < 1.29 is 23.8 Å². The van der Waals surface area contributed by atoms with E-state index in [2.05, 4.69) is 6.92 Å². The molecule has 0 bridgehead atoms. The highest BCUT2D eigenvalue weighted by atomic mass is 16.5. The molecule has 1 saturated carbocycles. The number of hydrogen-bond donors (Lipinski definition) is 0. The molecule has 1 aromatic carbocycles. The van der Waals surface area contributed by atoms with E-state index in [1.807, 2.05) is 12.1 Å². The lowest BCUT2D eigenvalue weighted by atomic mass is 9.84. The monoisotopic (exact) mass is 363 g/mol. The number of rotatable bonds is 8. The zero-order valence-corrected chi connectivity index (χ0v) is 15.9. The average molecular weight is 363 g/mol. The minimum atomic E-state index is -0.306. The lowest BCUT2D eigenvalue weighted by Crippen LogP contribution is -2.48. The number of hydrogen-bond acceptors (Lipinski definition) is 5. The zero-order chi connectivity index (χ0) is 18.9. The molecule has 1 aromatic rings. The minimum absolute atomic E-state index is 0.0580. The van der Waals surface area contributed by atoms with Gasteiger partial charge in [-0.05, 0) is 30.9 Å². The molecule has 6 nitrogen and oxygen atoms in total. The van der Waals surface area contributed by atoms with Crippen LogP contribution in [0.1, 0.15) is 39.0 Å². The number of carbonyl (C=O) groups is 2. The molecule has 6 heteroatoms. The highest BCUT2D eigenvalue weighted by Gasteiger charge is 2.30. The second kappa shape index (κ2) is 10.0. The van der Waals surface area contributed by atoms with Gasteiger partial charge in [0.05, 0.1) is 20.6 Å². The van der Waals surface area contributed by atoms with E-state index in [9.17, 15) is 9.59 Å². The Bertz CT molecular complexity index is 604. The first-order chi connectivity index (χ1) is 12.5. The summed E-state index contributed by atoms with van der Waals surface area (Å²) in [6, 6.07) is 7.32. The van der Waals surface area contributed by atoms with Crippen molar-refractivity contribution >= 4 is 11.9 Å². The van der Waals surface area contributed by atoms with E-state index in [-0.39, 0.29) is 30.9 Å². The molecule has 0 saturated heterocycles. The van der Waals surface area contributed by atoms with Gasteiger partial charge in [0.2, 0.25) is 0 Å². The summed E-state index contributed by atoms with van der Waals surface area (Å²) in [5, 5.41) is 0. The summed E-state index contributed by atoms with van der Waals surface area (Å²) in [6.07, 6.45) is 4.56. The third kappa shape index (κ3) is 5.64. The molecule has 1 aliphatic rings. The van der Waals surface area contributed by atoms with Gasteiger partial charge < -0.3 is 19.1 Å². The van der Waals surface area contributed by atoms with Gasteiger partial charge in [-0.2, -0.15) is 0 Å². The maximum atomic E-state index is 12.8. The summed E-state index contributed by atoms with van der Waals surface area (Å²) in [6.45, 7) is 2.48. The number of methoxy groups -OCH3 is 2. The van der Waals surface area contributed by atoms with Crippen molar-refractivity contribution in [3.05, 3.63) is 24.3 Å². The summed E-state index contributed by atoms with van der Waals surface area (Å²) in [5.74, 6) is 1.28. The minimum Gasteiger partial charge on any atom is -0.497 e. The van der Waals surface area contributed by atoms with Gasteiger partial charge >= 0.3 is 5.97 Å². The molecule has 2 atom stereocenters. The number of amides is 1. The maximum absolute atomic E-state index is 12.8. The van der Waals surface area contributed by atoms with Crippen molar-refractivity contribution in [2.24, 2.45) is 5.92 Å². The zero-order valence-electron chi connectivity index (χ0n) is 15.9. The standard InChI is InChI=1S/C20H29NO5/c1-15-7-4-5-10-18(15)21(12-11-20(23)25-3)19(22)14-26-17-9-6-8-16(13-17)24-2/h6,8-9,13,15,18H,4-5,7,10-12,14H2,1-3H3. The highest BCUT2D eigenvalue weighted by molar-refractivity contribution is 5.79. The van der Waals surface area contributed by atoms with E-state index < -0.39 is 0 Å². The maximum Gasteiger partial charge on any atom is 0.307 e. The molecule has 1 fully saturated rings. The lowest BCUT2D eigenvalue weighted by Gasteiger charge is -2.38. The molecule has 26 heavy (non-hydrogen) atoms. The number of esters is 1. The first-order valence-corrected chi connectivity index (χ1v) is 9.18. The van der Waals surface area contributed by atoms with Crippen LogP contribution in [0.5, 0.6) is 11.5 Å². The molecule has 0 spiro atoms. The van der Waals surface area contributed by atoms with Crippen LogP contribution >= 0.6 is 0 Å². The van der Waals surface area contributed by atoms with Gasteiger partial charge in [-0.25, -0.2) is 0 Å². The van der Waals surface area contributed by atoms with Crippen molar-refractivity contribution in [1.29, 1.82) is 0 Å². The Hall–Kier alpha value is -2.24. The first kappa shape index (κ1) is 20.1. The third-order valence-corrected chi connectivity index (χ3v) is 4.97. The van der Waals surface area contributed by atoms with Gasteiger partial charge in [0.15, 0.2) is 6.61 Å². The Morgan fingerprint density at radius 1 is 1.15 bits per heavy atom. The fourth-order valence-electron chi connectivity index (χ4n) is 3.47. The summed E-state index contributed by atoms with van der Waals surface area (Å²) < 4.78 is 15.6. The van der Waals surface area contributed by atoms with E-state index in [1.165, 1.54) is 13.5 Å². The number of carbonyl (C=O) groups excluding carboxylic acids is 2. The third-order valence-electron chi connectivity index (χ3n) is 4.97. The normalized spacial score (nSPS) is 19.5. The molecule has 0 aliphatic heterocycles. The van der Waals surface area contributed by atoms with Crippen LogP contribution in [0.3, 0.4) is 0 Å². The van der Waals surface area contributed by atoms with E-state index in [1.54, 1.807) is 24.1 Å². The molecule has 1 aliphatic carbocycles. The van der Waals surface area contributed by atoms with Crippen molar-refractivity contribution in [3.8, 4) is 11.5 Å². The number of nitrogens with zero attached hydrogens (tertiary/aromatic N) is 1. The van der Waals surface area contributed by atoms with Crippen LogP contribution in [-0.2, 0) is 14.3 Å². The van der Waals surface area contributed by atoms with Gasteiger partial charge in [-0.3, -0.25) is 9.59 Å². The summed E-state index contributed by atoms with van der Waals surface area (Å²) in [7, 11) is 2.95. The van der Waals surface area contributed by atoms with Crippen LogP contribution in [-0.4, -0.2) is 50.2 Å². The first-order valence-electron chi connectivity index (χ1n) is 9.18. The summed E-state index contributed by atoms with van der Waals surface area (Å²) >= 11 is 0. The quantitative estimate of drug-likeness (QED) is 0.664. The molecule has 2 unspecified atom stereocenters. The number of ether oxygens (including phenoxy) is 3. The van der Waals surface area contributed by atoms with Crippen molar-refractivity contribution in [2.45, 2.75) is 45.1 Å². The van der Waals surface area contributed by atoms with Crippen LogP contribution < -0.4 is 9.47 Å². The lowest BCUT2D eigenvalue weighted by molar-refractivity contribution is -0.143. The average Bonchev–Trinajstić information content (AvgIpc) is 2.67. The summed E-state index contributed by atoms with van der Waals surface area (Å²) in [4.78, 5) is 26.2. The van der Waals surface area contributed by atoms with Crippen LogP contribution in [0, 0.1) is 5.92 Å². The molecule has 2 rings (SSSR count). The van der Waals surface area contributed by atoms with E-state index >= 15 is 0 Å². The van der Waals surface area contributed by atoms with Crippen LogP contribution in [0.25, 0.3) is 0 Å². The van der Waals surface area contributed by atoms with Gasteiger partial charge in [0.25, 0.3) is 5.91 Å². The van der Waals surface area contributed by atoms with Crippen molar-refractivity contribution in [3.63, 3.8) is 0 Å². The predicted molar refractivity (Wildman–Crippen MR) is 98.3 cm³/mol. The second-order valence-corrected chi connectivity index (χ2v) is 6.71. The highest BCUT2D eigenvalue weighted by Crippen LogP contribution is 2.28. The molecule has 0 aromatic heterocycles. The van der Waals surface area contributed by atoms with Gasteiger partial charge in [0, 0.05) is 18.7 Å². The fourth-order valence-corrected chi connectivity index (χ4v) is 3.47. The molecule has 0 radical (unpaired) electrons. The Morgan fingerprint density at radius 2 is 1.88 bits per heavy atom. The Balaban J connectivity index is 2.02. The van der Waals surface area contributed by atoms with Crippen molar-refractivity contribution in [2.75, 3.05) is 27.4 Å². The van der Waals surface area contributed by atoms with Crippen LogP contribution in [0.2, 0.25) is 0 Å². The van der Waals surface area contributed by atoms with E-state index in [0.29, 0.717) is 24.0 Å². The summed E-state index contributed by atoms with van der Waals surface area (Å²) in [5.41, 5.74) is 0. The Kier molecular flexibility index (Phi) is 7.75. The van der Waals surface area contributed by atoms with E-state index in [0.717, 1.165) is 19.3 Å². The molecule has 0 N–H and O–H groups in total. The SMILES string of the molecule is COC(=O)CCN(C(=O)COc1cccc(OC)c1)C1CCCCC1C. The number of benzene rings is 1. The molecular formula is C20H29NO5. The molecule has 0 heterocycles. The Labute approximate surface area is 155 Å². The van der Waals surface area contributed by atoms with Crippen LogP contribution in [0.4, 0.5) is 0 Å². The molecule has 144 valence electrons. The van der Waals surface area contributed by atoms with Crippen molar-refractivity contribution in [1.82, 2.24) is 4.90 Å². The Morgan fingerprint density at radius 3 is 2.58 bits per heavy atom. The van der Waals surface area contributed by atoms with Gasteiger partial charge in [0.1, 0.15) is 11.5 Å².